The maximum atomic E-state index is 10.9. The Labute approximate surface area is 263 Å². The Morgan fingerprint density at radius 2 is 1.25 bits per heavy atom. The molecule has 15 heteroatoms. The van der Waals surface area contributed by atoms with Gasteiger partial charge in [0, 0.05) is 17.5 Å². The summed E-state index contributed by atoms with van der Waals surface area (Å²) in [6, 6.07) is 26.4. The highest BCUT2D eigenvalue weighted by Gasteiger charge is 2.15. The number of amides is 2. The molecule has 234 valence electrons. The number of benzene rings is 3. The fourth-order valence-corrected chi connectivity index (χ4v) is 3.67. The summed E-state index contributed by atoms with van der Waals surface area (Å²) in [5.74, 6) is -1.38. The first-order chi connectivity index (χ1) is 20.0. The third kappa shape index (κ3) is 19.1. The number of nitrogens with one attached hydrogen (secondary N) is 2. The molecule has 0 unspecified atom stereocenters. The van der Waals surface area contributed by atoms with Gasteiger partial charge in [-0.25, -0.2) is 0 Å². The molecule has 3 rings (SSSR count). The van der Waals surface area contributed by atoms with Crippen LogP contribution in [0.3, 0.4) is 0 Å². The third-order valence-corrected chi connectivity index (χ3v) is 5.80. The predicted molar refractivity (Wildman–Crippen MR) is 176 cm³/mol. The lowest BCUT2D eigenvalue weighted by Gasteiger charge is -2.17. The Morgan fingerprint density at radius 1 is 0.864 bits per heavy atom. The zero-order valence-electron chi connectivity index (χ0n) is 23.0. The molecule has 2 amide bonds. The first-order valence-corrected chi connectivity index (χ1v) is 14.3. The lowest BCUT2D eigenvalue weighted by Crippen LogP contribution is -2.31. The molecule has 0 spiro atoms. The molecule has 0 aliphatic carbocycles. The molecule has 0 saturated carbocycles. The van der Waals surface area contributed by atoms with E-state index in [-0.39, 0.29) is 34.1 Å². The molecular formula is C29H40B2N6O6S. The minimum absolute atomic E-state index is 0. The molecule has 0 fully saturated rings. The molecule has 0 aromatic heterocycles. The van der Waals surface area contributed by atoms with Crippen molar-refractivity contribution >= 4 is 37.4 Å². The molecule has 3 aromatic carbocycles. The van der Waals surface area contributed by atoms with E-state index in [0.717, 1.165) is 22.9 Å². The molecule has 5 N–H and O–H groups in total. The Bertz CT molecular complexity index is 1370. The molecule has 0 aliphatic rings. The van der Waals surface area contributed by atoms with E-state index in [2.05, 4.69) is 24.8 Å². The molecule has 3 atom stereocenters. The predicted octanol–water partition coefficient (Wildman–Crippen LogP) is 4.45. The molecule has 4 radical (unpaired) electrons. The quantitative estimate of drug-likeness (QED) is 0.0797. The van der Waals surface area contributed by atoms with Gasteiger partial charge >= 0.3 is 0 Å². The number of azide groups is 1. The van der Waals surface area contributed by atoms with Crippen molar-refractivity contribution in [2.24, 2.45) is 10.8 Å². The zero-order valence-corrected chi connectivity index (χ0v) is 23.8. The van der Waals surface area contributed by atoms with E-state index in [9.17, 15) is 18.0 Å². The van der Waals surface area contributed by atoms with E-state index in [1.165, 1.54) is 0 Å². The lowest BCUT2D eigenvalue weighted by molar-refractivity contribution is 0.231. The topological polar surface area (TPSA) is 197 Å². The van der Waals surface area contributed by atoms with Crippen LogP contribution in [0.25, 0.3) is 10.4 Å². The number of carbonyl (C=O) groups excluding carboxylic acids is 2. The second-order valence-corrected chi connectivity index (χ2v) is 10.2. The van der Waals surface area contributed by atoms with Crippen LogP contribution in [0.15, 0.2) is 96.1 Å². The second kappa shape index (κ2) is 23.3. The van der Waals surface area contributed by atoms with Crippen molar-refractivity contribution < 1.29 is 27.3 Å². The number of nitrogens with two attached hydrogens (primary N) is 1. The van der Waals surface area contributed by atoms with Crippen molar-refractivity contribution in [3.05, 3.63) is 118 Å². The molecule has 3 aromatic rings. The first-order valence-electron chi connectivity index (χ1n) is 12.4. The smallest absolute Gasteiger partial charge is 0.264 e. The Kier molecular flexibility index (Phi) is 22.3. The summed E-state index contributed by atoms with van der Waals surface area (Å²) in [6.45, 7) is -0.0424. The number of aliphatic hydroxyl groups is 1. The van der Waals surface area contributed by atoms with E-state index in [0.29, 0.717) is 6.54 Å². The average Bonchev–Trinajstić information content (AvgIpc) is 2.98. The van der Waals surface area contributed by atoms with Gasteiger partial charge in [0.15, 0.2) is 11.6 Å². The van der Waals surface area contributed by atoms with Gasteiger partial charge in [-0.15, -0.1) is 0 Å². The lowest BCUT2D eigenvalue weighted by atomic mass is 10.0. The highest BCUT2D eigenvalue weighted by molar-refractivity contribution is 7.85. The fourth-order valence-electron chi connectivity index (χ4n) is 3.29. The third-order valence-electron chi connectivity index (χ3n) is 5.24. The van der Waals surface area contributed by atoms with Crippen LogP contribution in [0, 0.1) is 0 Å². The van der Waals surface area contributed by atoms with Crippen molar-refractivity contribution in [3.8, 4) is 0 Å². The van der Waals surface area contributed by atoms with Crippen molar-refractivity contribution in [2.45, 2.75) is 33.0 Å². The van der Waals surface area contributed by atoms with Crippen LogP contribution < -0.4 is 16.4 Å². The van der Waals surface area contributed by atoms with Crippen LogP contribution >= 0.6 is 0 Å². The molecule has 44 heavy (non-hydrogen) atoms. The summed E-state index contributed by atoms with van der Waals surface area (Å²) >= 11 is 0. The molecule has 0 heterocycles. The van der Waals surface area contributed by atoms with E-state index >= 15 is 0 Å². The van der Waals surface area contributed by atoms with Gasteiger partial charge in [-0.05, 0) is 22.2 Å². The average molecular weight is 622 g/mol. The summed E-state index contributed by atoms with van der Waals surface area (Å²) in [5.41, 5.74) is 16.3. The minimum atomic E-state index is -3.56. The highest BCUT2D eigenvalue weighted by atomic mass is 32.2. The van der Waals surface area contributed by atoms with Crippen LogP contribution in [0.4, 0.5) is 9.59 Å². The van der Waals surface area contributed by atoms with Crippen molar-refractivity contribution in [2.75, 3.05) is 26.0 Å². The van der Waals surface area contributed by atoms with E-state index in [1.54, 1.807) is 24.3 Å². The maximum Gasteiger partial charge on any atom is 0.264 e. The van der Waals surface area contributed by atoms with Gasteiger partial charge in [0.1, 0.15) is 0 Å². The van der Waals surface area contributed by atoms with Crippen LogP contribution in [0.1, 0.15) is 49.7 Å². The van der Waals surface area contributed by atoms with Gasteiger partial charge in [0.05, 0.1) is 31.6 Å². The largest absolute Gasteiger partial charge is 0.394 e. The van der Waals surface area contributed by atoms with Crippen LogP contribution in [0.5, 0.6) is 0 Å². The fraction of sp³-hybridized carbons (Fsp3) is 0.310. The van der Waals surface area contributed by atoms with E-state index < -0.39 is 33.8 Å². The summed E-state index contributed by atoms with van der Waals surface area (Å²) in [7, 11) is 6.40. The van der Waals surface area contributed by atoms with Gasteiger partial charge in [-0.3, -0.25) is 13.8 Å². The standard InChI is InChI=1S/C10H12BNO4S.C9H10BNO2.C8H10N4.2CH4/c1-17(14,15)16-7-9(12-10(11)13)8-5-3-2-4-6-8;10-9(13)11-8(6-12)7-4-2-1-3-5-7;9-8(6-11-12-10)7-4-2-1-3-5-7;;/h2-6,9H,7H2,1H3,(H,12,13);1-5,8,12H,6H2,(H,11,13);1-5,8H,6,9H2;2*1H4/t9-;2*8-;;/m111../s1. The molecule has 0 saturated heterocycles. The van der Waals surface area contributed by atoms with Gasteiger partial charge in [-0.1, -0.05) is 111 Å². The van der Waals surface area contributed by atoms with Crippen molar-refractivity contribution in [1.29, 1.82) is 0 Å². The van der Waals surface area contributed by atoms with Crippen molar-refractivity contribution in [3.63, 3.8) is 0 Å². The van der Waals surface area contributed by atoms with E-state index in [1.807, 2.05) is 66.7 Å². The maximum absolute atomic E-state index is 10.9. The normalized spacial score (nSPS) is 11.8. The summed E-state index contributed by atoms with van der Waals surface area (Å²) < 4.78 is 26.4. The Hall–Kier alpha value is -4.13. The van der Waals surface area contributed by atoms with Crippen molar-refractivity contribution in [1.82, 2.24) is 10.6 Å². The zero-order chi connectivity index (χ0) is 31.4. The summed E-state index contributed by atoms with van der Waals surface area (Å²) in [6.07, 6.45) is 0.944. The Balaban J connectivity index is 0. The highest BCUT2D eigenvalue weighted by Crippen LogP contribution is 2.14. The number of nitrogens with zero attached hydrogens (tertiary/aromatic N) is 3. The van der Waals surface area contributed by atoms with Crippen LogP contribution in [0.2, 0.25) is 0 Å². The molecule has 12 nitrogen and oxygen atoms in total. The number of hydrogen-bond acceptors (Lipinski definition) is 8. The Morgan fingerprint density at radius 3 is 1.61 bits per heavy atom. The monoisotopic (exact) mass is 622 g/mol. The number of carbonyl (C=O) groups is 2. The summed E-state index contributed by atoms with van der Waals surface area (Å²) in [4.78, 5) is 24.0. The van der Waals surface area contributed by atoms with Crippen LogP contribution in [-0.2, 0) is 14.3 Å². The van der Waals surface area contributed by atoms with E-state index in [4.69, 9.17) is 32.1 Å². The molecular weight excluding hydrogens is 582 g/mol. The van der Waals surface area contributed by atoms with Gasteiger partial charge < -0.3 is 21.5 Å². The summed E-state index contributed by atoms with van der Waals surface area (Å²) in [5, 5.41) is 17.2. The minimum Gasteiger partial charge on any atom is -0.394 e. The molecule has 0 bridgehead atoms. The van der Waals surface area contributed by atoms with Gasteiger partial charge in [0.2, 0.25) is 15.7 Å². The van der Waals surface area contributed by atoms with Gasteiger partial charge in [0.25, 0.3) is 10.1 Å². The first kappa shape index (κ1) is 42.0. The number of aliphatic hydroxyl groups excluding tert-OH is 1. The SMILES string of the molecule is C.C.[B]C(=O)N[C@H](CO)c1ccccc1.[B]C(=O)N[C@H](COS(C)(=O)=O)c1ccccc1.[N-]=[N+]=NC[C@@H](N)c1ccccc1. The van der Waals surface area contributed by atoms with Gasteiger partial charge in [-0.2, -0.15) is 8.42 Å². The van der Waals surface area contributed by atoms with Crippen LogP contribution in [-0.4, -0.2) is 66.8 Å². The number of rotatable bonds is 11. The molecule has 0 aliphatic heterocycles. The number of hydrogen-bond donors (Lipinski definition) is 4. The second-order valence-electron chi connectivity index (χ2n) is 8.55.